The van der Waals surface area contributed by atoms with Crippen LogP contribution in [0, 0.1) is 29.4 Å². The van der Waals surface area contributed by atoms with Crippen molar-refractivity contribution in [1.82, 2.24) is 4.98 Å². The second-order valence-corrected chi connectivity index (χ2v) is 4.56. The Morgan fingerprint density at radius 3 is 2.62 bits per heavy atom. The first-order chi connectivity index (χ1) is 9.86. The topological polar surface area (TPSA) is 115 Å². The highest BCUT2D eigenvalue weighted by Crippen LogP contribution is 2.26. The zero-order valence-electron chi connectivity index (χ0n) is 11.6. The molecule has 1 heterocycles. The Bertz CT molecular complexity index is 728. The predicted octanol–water partition coefficient (Wildman–Crippen LogP) is 2.68. The summed E-state index contributed by atoms with van der Waals surface area (Å²) in [5.41, 5.74) is 7.15. The molecule has 0 saturated heterocycles. The van der Waals surface area contributed by atoms with Crippen molar-refractivity contribution in [3.8, 4) is 11.6 Å². The van der Waals surface area contributed by atoms with Gasteiger partial charge in [-0.15, -0.1) is 0 Å². The minimum atomic E-state index is -0.447. The maximum Gasteiger partial charge on any atom is 0.272 e. The fraction of sp³-hybridized carbons (Fsp3) is 0.143. The van der Waals surface area contributed by atoms with Gasteiger partial charge in [-0.2, -0.15) is 0 Å². The van der Waals surface area contributed by atoms with Crippen molar-refractivity contribution < 1.29 is 9.66 Å². The summed E-state index contributed by atoms with van der Waals surface area (Å²) in [6.07, 6.45) is 0. The number of aryl methyl sites for hydroxylation is 2. The molecule has 108 valence electrons. The number of hydrogen-bond acceptors (Lipinski definition) is 5. The van der Waals surface area contributed by atoms with Crippen LogP contribution in [0.1, 0.15) is 16.8 Å². The summed E-state index contributed by atoms with van der Waals surface area (Å²) in [6, 6.07) is 7.67. The number of ether oxygens (including phenoxy) is 1. The van der Waals surface area contributed by atoms with Crippen molar-refractivity contribution in [1.29, 1.82) is 5.41 Å². The number of nitrogens with two attached hydrogens (primary N) is 1. The van der Waals surface area contributed by atoms with Gasteiger partial charge in [-0.25, -0.2) is 4.98 Å². The zero-order chi connectivity index (χ0) is 15.6. The smallest absolute Gasteiger partial charge is 0.272 e. The van der Waals surface area contributed by atoms with Crippen LogP contribution in [0.5, 0.6) is 11.6 Å². The number of nitrogens with zero attached hydrogens (tertiary/aromatic N) is 2. The number of nitrogen functional groups attached to an aromatic ring is 1. The lowest BCUT2D eigenvalue weighted by atomic mass is 10.2. The predicted molar refractivity (Wildman–Crippen MR) is 77.9 cm³/mol. The van der Waals surface area contributed by atoms with Crippen LogP contribution in [0.15, 0.2) is 30.3 Å². The van der Waals surface area contributed by atoms with Gasteiger partial charge in [0, 0.05) is 29.0 Å². The lowest BCUT2D eigenvalue weighted by molar-refractivity contribution is -0.385. The molecule has 0 aliphatic carbocycles. The van der Waals surface area contributed by atoms with Crippen LogP contribution in [0.4, 0.5) is 5.69 Å². The standard InChI is InChI=1S/C14H14N4O3/c1-8-5-11(3-4-12(8)18(19)20)21-13-7-10(14(15)16)6-9(2)17-13/h3-7H,1-2H3,(H3,15,16). The molecule has 0 unspecified atom stereocenters. The monoisotopic (exact) mass is 286 g/mol. The molecule has 7 nitrogen and oxygen atoms in total. The van der Waals surface area contributed by atoms with E-state index in [2.05, 4.69) is 4.98 Å². The van der Waals surface area contributed by atoms with Gasteiger partial charge in [0.2, 0.25) is 5.88 Å². The summed E-state index contributed by atoms with van der Waals surface area (Å²) in [5, 5.41) is 18.2. The zero-order valence-corrected chi connectivity index (χ0v) is 11.6. The van der Waals surface area contributed by atoms with E-state index in [0.29, 0.717) is 22.6 Å². The van der Waals surface area contributed by atoms with E-state index in [1.807, 2.05) is 0 Å². The molecule has 1 aromatic heterocycles. The molecule has 0 spiro atoms. The van der Waals surface area contributed by atoms with Gasteiger partial charge in [-0.3, -0.25) is 15.5 Å². The lowest BCUT2D eigenvalue weighted by Gasteiger charge is -2.08. The highest BCUT2D eigenvalue weighted by molar-refractivity contribution is 5.95. The first-order valence-electron chi connectivity index (χ1n) is 6.13. The first kappa shape index (κ1) is 14.4. The molecule has 7 heteroatoms. The van der Waals surface area contributed by atoms with Crippen molar-refractivity contribution in [2.75, 3.05) is 0 Å². The molecule has 2 aromatic rings. The molecule has 0 aliphatic heterocycles. The van der Waals surface area contributed by atoms with E-state index in [1.54, 1.807) is 32.0 Å². The minimum absolute atomic E-state index is 0.0315. The molecule has 1 aromatic carbocycles. The Hall–Kier alpha value is -2.96. The van der Waals surface area contributed by atoms with Crippen LogP contribution in [0.25, 0.3) is 0 Å². The summed E-state index contributed by atoms with van der Waals surface area (Å²) in [5.74, 6) is 0.643. The molecule has 0 saturated carbocycles. The van der Waals surface area contributed by atoms with Gasteiger partial charge >= 0.3 is 0 Å². The van der Waals surface area contributed by atoms with E-state index in [1.165, 1.54) is 12.1 Å². The molecular formula is C14H14N4O3. The van der Waals surface area contributed by atoms with Crippen molar-refractivity contribution in [2.45, 2.75) is 13.8 Å². The first-order valence-corrected chi connectivity index (χ1v) is 6.13. The van der Waals surface area contributed by atoms with Crippen molar-refractivity contribution >= 4 is 11.5 Å². The Balaban J connectivity index is 2.32. The van der Waals surface area contributed by atoms with Crippen molar-refractivity contribution in [3.63, 3.8) is 0 Å². The fourth-order valence-corrected chi connectivity index (χ4v) is 1.86. The van der Waals surface area contributed by atoms with Gasteiger partial charge in [0.05, 0.1) is 4.92 Å². The average molecular weight is 286 g/mol. The Morgan fingerprint density at radius 1 is 1.33 bits per heavy atom. The molecule has 0 aliphatic rings. The van der Waals surface area contributed by atoms with E-state index < -0.39 is 4.92 Å². The number of amidine groups is 1. The lowest BCUT2D eigenvalue weighted by Crippen LogP contribution is -2.11. The normalized spacial score (nSPS) is 10.2. The van der Waals surface area contributed by atoms with E-state index in [9.17, 15) is 10.1 Å². The molecule has 0 atom stereocenters. The third-order valence-corrected chi connectivity index (χ3v) is 2.83. The third-order valence-electron chi connectivity index (χ3n) is 2.83. The van der Waals surface area contributed by atoms with E-state index in [0.717, 1.165) is 0 Å². The van der Waals surface area contributed by atoms with Gasteiger partial charge < -0.3 is 10.5 Å². The third kappa shape index (κ3) is 3.33. The Kier molecular flexibility index (Phi) is 3.84. The summed E-state index contributed by atoms with van der Waals surface area (Å²) in [4.78, 5) is 14.5. The van der Waals surface area contributed by atoms with E-state index in [4.69, 9.17) is 15.9 Å². The van der Waals surface area contributed by atoms with Gasteiger partial charge in [0.1, 0.15) is 11.6 Å². The van der Waals surface area contributed by atoms with Gasteiger partial charge in [0.15, 0.2) is 0 Å². The number of hydrogen-bond donors (Lipinski definition) is 2. The van der Waals surface area contributed by atoms with Crippen LogP contribution in [0.2, 0.25) is 0 Å². The quantitative estimate of drug-likeness (QED) is 0.388. The molecule has 0 amide bonds. The van der Waals surface area contributed by atoms with Gasteiger partial charge in [-0.05, 0) is 32.0 Å². The summed E-state index contributed by atoms with van der Waals surface area (Å²) >= 11 is 0. The molecule has 0 bridgehead atoms. The Morgan fingerprint density at radius 2 is 2.05 bits per heavy atom. The van der Waals surface area contributed by atoms with Crippen LogP contribution in [0.3, 0.4) is 0 Å². The summed E-state index contributed by atoms with van der Waals surface area (Å²) in [6.45, 7) is 3.40. The second-order valence-electron chi connectivity index (χ2n) is 4.56. The number of aromatic nitrogens is 1. The largest absolute Gasteiger partial charge is 0.439 e. The minimum Gasteiger partial charge on any atom is -0.439 e. The van der Waals surface area contributed by atoms with Crippen LogP contribution >= 0.6 is 0 Å². The maximum atomic E-state index is 10.8. The molecule has 0 fully saturated rings. The number of nitro groups is 1. The van der Waals surface area contributed by atoms with Crippen LogP contribution in [-0.4, -0.2) is 15.7 Å². The van der Waals surface area contributed by atoms with Crippen LogP contribution in [-0.2, 0) is 0 Å². The number of rotatable bonds is 4. The fourth-order valence-electron chi connectivity index (χ4n) is 1.86. The Labute approximate surface area is 121 Å². The second kappa shape index (κ2) is 5.58. The number of nitro benzene ring substituents is 1. The highest BCUT2D eigenvalue weighted by atomic mass is 16.6. The average Bonchev–Trinajstić information content (AvgIpc) is 2.37. The van der Waals surface area contributed by atoms with E-state index >= 15 is 0 Å². The molecule has 3 N–H and O–H groups in total. The molecule has 2 rings (SSSR count). The maximum absolute atomic E-state index is 10.8. The van der Waals surface area contributed by atoms with Crippen molar-refractivity contribution in [3.05, 3.63) is 57.3 Å². The molecular weight excluding hydrogens is 272 g/mol. The summed E-state index contributed by atoms with van der Waals surface area (Å²) < 4.78 is 5.58. The van der Waals surface area contributed by atoms with E-state index in [-0.39, 0.29) is 17.4 Å². The molecule has 21 heavy (non-hydrogen) atoms. The van der Waals surface area contributed by atoms with Crippen LogP contribution < -0.4 is 10.5 Å². The van der Waals surface area contributed by atoms with Gasteiger partial charge in [0.25, 0.3) is 5.69 Å². The highest BCUT2D eigenvalue weighted by Gasteiger charge is 2.12. The molecule has 0 radical (unpaired) electrons. The number of pyridine rings is 1. The van der Waals surface area contributed by atoms with Crippen molar-refractivity contribution in [2.24, 2.45) is 5.73 Å². The number of benzene rings is 1. The number of nitrogens with one attached hydrogen (secondary N) is 1. The SMILES string of the molecule is Cc1cc(C(=N)N)cc(Oc2ccc([N+](=O)[O-])c(C)c2)n1. The van der Waals surface area contributed by atoms with Gasteiger partial charge in [-0.1, -0.05) is 0 Å². The summed E-state index contributed by atoms with van der Waals surface area (Å²) in [7, 11) is 0.